The monoisotopic (exact) mass is 629 g/mol. The molecule has 0 unspecified atom stereocenters. The number of nitrogens with zero attached hydrogens (tertiary/aromatic N) is 1. The lowest BCUT2D eigenvalue weighted by Gasteiger charge is -2.52. The fraction of sp³-hybridized carbons (Fsp3) is 1.00. The lowest BCUT2D eigenvalue weighted by molar-refractivity contribution is -0.0258. The molecule has 0 N–H and O–H groups in total. The summed E-state index contributed by atoms with van der Waals surface area (Å²) in [6, 6.07) is 0. The van der Waals surface area contributed by atoms with E-state index < -0.39 is 26.4 Å². The third-order valence-corrected chi connectivity index (χ3v) is 17.4. The summed E-state index contributed by atoms with van der Waals surface area (Å²) in [4.78, 5) is 2.44. The highest BCUT2D eigenvalue weighted by molar-refractivity contribution is 6.66. The van der Waals surface area contributed by atoms with Gasteiger partial charge < -0.3 is 39.8 Å². The lowest BCUT2D eigenvalue weighted by Crippen LogP contribution is -2.77. The van der Waals surface area contributed by atoms with Crippen LogP contribution >= 0.6 is 0 Å². The van der Waals surface area contributed by atoms with Crippen LogP contribution < -0.4 is 0 Å². The van der Waals surface area contributed by atoms with Gasteiger partial charge in [-0.3, -0.25) is 4.90 Å². The molecule has 0 aromatic heterocycles. The van der Waals surface area contributed by atoms with Crippen molar-refractivity contribution in [1.82, 2.24) is 4.90 Å². The highest BCUT2D eigenvalue weighted by Crippen LogP contribution is 2.37. The fourth-order valence-corrected chi connectivity index (χ4v) is 15.9. The van der Waals surface area contributed by atoms with Gasteiger partial charge >= 0.3 is 26.4 Å². The third-order valence-electron chi connectivity index (χ3n) is 6.57. The molecule has 0 aliphatic heterocycles. The van der Waals surface area contributed by atoms with E-state index in [1.54, 1.807) is 0 Å². The summed E-state index contributed by atoms with van der Waals surface area (Å²) in [5.41, 5.74) is -0.740. The van der Waals surface area contributed by atoms with Crippen molar-refractivity contribution in [3.05, 3.63) is 0 Å². The first-order valence-corrected chi connectivity index (χ1v) is 21.2. The van der Waals surface area contributed by atoms with E-state index in [1.165, 1.54) is 0 Å². The molecule has 0 aliphatic rings. The van der Waals surface area contributed by atoms with Crippen molar-refractivity contribution in [2.24, 2.45) is 0 Å². The molecule has 0 aromatic carbocycles. The van der Waals surface area contributed by atoms with Crippen LogP contribution in [0.5, 0.6) is 0 Å². The normalized spacial score (nSPS) is 15.5. The summed E-state index contributed by atoms with van der Waals surface area (Å²) in [7, 11) is -9.91. The maximum Gasteiger partial charge on any atom is 0.519 e. The van der Waals surface area contributed by atoms with Crippen LogP contribution in [-0.4, -0.2) is 108 Å². The fourth-order valence-electron chi connectivity index (χ4n) is 5.63. The molecule has 0 fully saturated rings. The van der Waals surface area contributed by atoms with E-state index in [0.29, 0.717) is 78.7 Å². The molecule has 242 valence electrons. The Balaban J connectivity index is 7.82. The summed E-state index contributed by atoms with van der Waals surface area (Å²) in [6.07, 6.45) is 2.13. The van der Waals surface area contributed by atoms with Gasteiger partial charge in [0, 0.05) is 59.5 Å². The van der Waals surface area contributed by atoms with Crippen molar-refractivity contribution >= 4 is 26.4 Å². The molecule has 0 saturated heterocycles. The first-order chi connectivity index (χ1) is 19.3. The second-order valence-corrected chi connectivity index (χ2v) is 17.1. The van der Waals surface area contributed by atoms with E-state index in [4.69, 9.17) is 39.8 Å². The molecule has 0 amide bonds. The SMILES string of the molecule is CCO[Si](OCC)(OCC)[C@H](CC)N([C@@H](CC)[Si](OCC)(OCC)OCC)[C@@H](CC)[Si](OCC)(OCC)OCC. The number of hydrogen-bond acceptors (Lipinski definition) is 10. The molecule has 13 heteroatoms. The van der Waals surface area contributed by atoms with Crippen LogP contribution in [-0.2, 0) is 39.8 Å². The average molecular weight is 630 g/mol. The van der Waals surface area contributed by atoms with Crippen molar-refractivity contribution < 1.29 is 39.8 Å². The Labute approximate surface area is 249 Å². The second kappa shape index (κ2) is 21.9. The number of hydrogen-bond donors (Lipinski definition) is 0. The first-order valence-electron chi connectivity index (χ1n) is 15.8. The zero-order valence-electron chi connectivity index (χ0n) is 27.8. The molecule has 0 aromatic rings. The predicted molar refractivity (Wildman–Crippen MR) is 166 cm³/mol. The minimum atomic E-state index is -3.30. The molecule has 0 rings (SSSR count). The van der Waals surface area contributed by atoms with Crippen LogP contribution in [0.1, 0.15) is 102 Å². The molecule has 3 atom stereocenters. The van der Waals surface area contributed by atoms with Gasteiger partial charge in [-0.2, -0.15) is 0 Å². The van der Waals surface area contributed by atoms with Crippen molar-refractivity contribution in [3.63, 3.8) is 0 Å². The molecule has 10 nitrogen and oxygen atoms in total. The van der Waals surface area contributed by atoms with E-state index >= 15 is 0 Å². The van der Waals surface area contributed by atoms with Crippen molar-refractivity contribution in [3.8, 4) is 0 Å². The van der Waals surface area contributed by atoms with Crippen LogP contribution in [0.3, 0.4) is 0 Å². The zero-order valence-corrected chi connectivity index (χ0v) is 30.8. The van der Waals surface area contributed by atoms with E-state index in [-0.39, 0.29) is 17.0 Å². The smallest absolute Gasteiger partial charge is 0.373 e. The Bertz CT molecular complexity index is 492. The molecule has 0 radical (unpaired) electrons. The van der Waals surface area contributed by atoms with Gasteiger partial charge in [-0.25, -0.2) is 0 Å². The van der Waals surface area contributed by atoms with Crippen molar-refractivity contribution in [1.29, 1.82) is 0 Å². The van der Waals surface area contributed by atoms with Crippen molar-refractivity contribution in [2.45, 2.75) is 119 Å². The molecule has 0 bridgehead atoms. The minimum Gasteiger partial charge on any atom is -0.373 e. The lowest BCUT2D eigenvalue weighted by atomic mass is 10.3. The van der Waals surface area contributed by atoms with Crippen LogP contribution in [0.25, 0.3) is 0 Å². The first kappa shape index (κ1) is 40.3. The maximum atomic E-state index is 6.56. The van der Waals surface area contributed by atoms with E-state index in [1.807, 2.05) is 62.3 Å². The maximum absolute atomic E-state index is 6.56. The van der Waals surface area contributed by atoms with Crippen LogP contribution in [0.15, 0.2) is 0 Å². The summed E-state index contributed by atoms with van der Waals surface area (Å²) in [6.45, 7) is 28.6. The highest BCUT2D eigenvalue weighted by Gasteiger charge is 2.64. The highest BCUT2D eigenvalue weighted by atomic mass is 28.4. The van der Waals surface area contributed by atoms with E-state index in [9.17, 15) is 0 Å². The molecule has 0 heterocycles. The Morgan fingerprint density at radius 2 is 0.475 bits per heavy atom. The Morgan fingerprint density at radius 3 is 0.575 bits per heavy atom. The standard InChI is InChI=1S/C27H63NO9Si3/c1-13-25(38(29-16-4,30-17-5)31-18-6)28(26(14-2)39(32-19-7,33-20-8)34-21-9)27(15-3)40(35-22-10,36-23-11)37-24-12/h25-27H,13-24H2,1-12H3/t25-,26-,27-/m1/s1. The molecule has 0 saturated carbocycles. The van der Waals surface area contributed by atoms with Gasteiger partial charge in [-0.05, 0) is 81.6 Å². The summed E-state index contributed by atoms with van der Waals surface area (Å²) in [5.74, 6) is 0. The third kappa shape index (κ3) is 10.2. The van der Waals surface area contributed by atoms with Crippen LogP contribution in [0, 0.1) is 0 Å². The van der Waals surface area contributed by atoms with Crippen molar-refractivity contribution in [2.75, 3.05) is 59.5 Å². The van der Waals surface area contributed by atoms with Crippen LogP contribution in [0.4, 0.5) is 0 Å². The van der Waals surface area contributed by atoms with E-state index in [0.717, 1.165) is 0 Å². The second-order valence-electron chi connectivity index (χ2n) is 8.93. The van der Waals surface area contributed by atoms with Gasteiger partial charge in [0.05, 0.1) is 17.0 Å². The Hall–Kier alpha value is 0.251. The summed E-state index contributed by atoms with van der Waals surface area (Å²) >= 11 is 0. The Morgan fingerprint density at radius 1 is 0.325 bits per heavy atom. The van der Waals surface area contributed by atoms with Crippen LogP contribution in [0.2, 0.25) is 0 Å². The van der Waals surface area contributed by atoms with Gasteiger partial charge in [-0.1, -0.05) is 20.8 Å². The molecular formula is C27H63NO9Si3. The van der Waals surface area contributed by atoms with Gasteiger partial charge in [0.1, 0.15) is 0 Å². The van der Waals surface area contributed by atoms with E-state index in [2.05, 4.69) is 25.7 Å². The Kier molecular flexibility index (Phi) is 22.0. The average Bonchev–Trinajstić information content (AvgIpc) is 2.91. The van der Waals surface area contributed by atoms with Gasteiger partial charge in [0.25, 0.3) is 0 Å². The zero-order chi connectivity index (χ0) is 30.7. The number of rotatable bonds is 27. The predicted octanol–water partition coefficient (Wildman–Crippen LogP) is 5.39. The quantitative estimate of drug-likeness (QED) is 0.110. The largest absolute Gasteiger partial charge is 0.519 e. The molecule has 0 aliphatic carbocycles. The summed E-state index contributed by atoms with van der Waals surface area (Å²) in [5, 5.41) is 0. The molecule has 0 spiro atoms. The topological polar surface area (TPSA) is 86.3 Å². The molecular weight excluding hydrogens is 567 g/mol. The van der Waals surface area contributed by atoms with Gasteiger partial charge in [-0.15, -0.1) is 0 Å². The van der Waals surface area contributed by atoms with Gasteiger partial charge in [0.2, 0.25) is 0 Å². The minimum absolute atomic E-state index is 0.247. The summed E-state index contributed by atoms with van der Waals surface area (Å²) < 4.78 is 59.0. The van der Waals surface area contributed by atoms with Gasteiger partial charge in [0.15, 0.2) is 0 Å². The molecule has 40 heavy (non-hydrogen) atoms.